The second-order valence-electron chi connectivity index (χ2n) is 6.30. The molecule has 3 saturated heterocycles. The van der Waals surface area contributed by atoms with Gasteiger partial charge in [0, 0.05) is 0 Å². The van der Waals surface area contributed by atoms with Gasteiger partial charge in [0.25, 0.3) is 0 Å². The van der Waals surface area contributed by atoms with Gasteiger partial charge in [0.2, 0.25) is 11.6 Å². The maximum atomic E-state index is 9.32. The number of hydrogen-bond acceptors (Lipinski definition) is 7. The van der Waals surface area contributed by atoms with Gasteiger partial charge in [-0.3, -0.25) is 0 Å². The van der Waals surface area contributed by atoms with Crippen molar-refractivity contribution in [3.05, 3.63) is 0 Å². The number of nitriles is 1. The fourth-order valence-corrected chi connectivity index (χ4v) is 3.37. The monoisotopic (exact) mass is 327 g/mol. The Kier molecular flexibility index (Phi) is 5.21. The van der Waals surface area contributed by atoms with Crippen LogP contribution in [0.3, 0.4) is 0 Å². The van der Waals surface area contributed by atoms with E-state index in [0.717, 1.165) is 19.3 Å². The van der Waals surface area contributed by atoms with Crippen LogP contribution >= 0.6 is 0 Å². The minimum atomic E-state index is -1.24. The van der Waals surface area contributed by atoms with Gasteiger partial charge in [-0.1, -0.05) is 0 Å². The average Bonchev–Trinajstić information content (AvgIpc) is 2.57. The van der Waals surface area contributed by atoms with Gasteiger partial charge in [-0.2, -0.15) is 5.26 Å². The molecule has 130 valence electrons. The molecule has 23 heavy (non-hydrogen) atoms. The molecule has 0 atom stereocenters. The van der Waals surface area contributed by atoms with Crippen molar-refractivity contribution in [3.63, 3.8) is 0 Å². The molecule has 0 aliphatic carbocycles. The number of hydrogen-bond donors (Lipinski definition) is 0. The smallest absolute Gasteiger partial charge is 0.237 e. The molecule has 3 rings (SSSR count). The molecule has 0 N–H and O–H groups in total. The molecule has 7 heteroatoms. The van der Waals surface area contributed by atoms with E-state index in [1.165, 1.54) is 0 Å². The molecule has 0 spiro atoms. The van der Waals surface area contributed by atoms with Crippen molar-refractivity contribution in [1.82, 2.24) is 0 Å². The molecule has 3 fully saturated rings. The molecule has 0 unspecified atom stereocenters. The highest BCUT2D eigenvalue weighted by atomic mass is 16.8. The van der Waals surface area contributed by atoms with Gasteiger partial charge in [-0.25, -0.2) is 0 Å². The summed E-state index contributed by atoms with van der Waals surface area (Å²) in [5.74, 6) is -3.29. The van der Waals surface area contributed by atoms with E-state index in [1.807, 2.05) is 6.92 Å². The summed E-state index contributed by atoms with van der Waals surface area (Å²) in [5.41, 5.74) is 0. The average molecular weight is 327 g/mol. The van der Waals surface area contributed by atoms with Gasteiger partial charge in [0.15, 0.2) is 5.79 Å². The number of nitrogens with zero attached hydrogens (tertiary/aromatic N) is 1. The number of ether oxygens (including phenoxy) is 6. The quantitative estimate of drug-likeness (QED) is 0.777. The van der Waals surface area contributed by atoms with Crippen LogP contribution in [0.2, 0.25) is 0 Å². The van der Waals surface area contributed by atoms with Crippen LogP contribution in [0, 0.1) is 11.3 Å². The third-order valence-electron chi connectivity index (χ3n) is 4.47. The largest absolute Gasteiger partial charge is 0.350 e. The van der Waals surface area contributed by atoms with E-state index in [2.05, 4.69) is 6.07 Å². The summed E-state index contributed by atoms with van der Waals surface area (Å²) in [4.78, 5) is 0. The van der Waals surface area contributed by atoms with Crippen LogP contribution in [0.1, 0.15) is 39.0 Å². The van der Waals surface area contributed by atoms with Gasteiger partial charge in [-0.05, 0) is 26.2 Å². The van der Waals surface area contributed by atoms with E-state index >= 15 is 0 Å². The van der Waals surface area contributed by atoms with Crippen molar-refractivity contribution in [2.45, 2.75) is 56.4 Å². The SMILES string of the molecule is CC1(CC2(C3(CC#N)OCCCO3)OCCCO2)OCCCO1. The van der Waals surface area contributed by atoms with E-state index in [-0.39, 0.29) is 6.42 Å². The van der Waals surface area contributed by atoms with E-state index in [9.17, 15) is 5.26 Å². The molecule has 0 bridgehead atoms. The van der Waals surface area contributed by atoms with Crippen LogP contribution in [-0.4, -0.2) is 57.0 Å². The van der Waals surface area contributed by atoms with Crippen LogP contribution in [0.5, 0.6) is 0 Å². The predicted octanol–water partition coefficient (Wildman–Crippen LogP) is 1.71. The fraction of sp³-hybridized carbons (Fsp3) is 0.938. The molecular formula is C16H25NO6. The molecule has 0 aromatic rings. The second-order valence-corrected chi connectivity index (χ2v) is 6.30. The Balaban J connectivity index is 1.89. The first-order valence-corrected chi connectivity index (χ1v) is 8.34. The molecule has 0 amide bonds. The van der Waals surface area contributed by atoms with Crippen LogP contribution in [0.4, 0.5) is 0 Å². The Labute approximate surface area is 136 Å². The number of rotatable bonds is 4. The molecule has 0 saturated carbocycles. The summed E-state index contributed by atoms with van der Waals surface area (Å²) in [5, 5.41) is 9.32. The van der Waals surface area contributed by atoms with Crippen LogP contribution in [0.15, 0.2) is 0 Å². The molecule has 0 radical (unpaired) electrons. The maximum absolute atomic E-state index is 9.32. The summed E-state index contributed by atoms with van der Waals surface area (Å²) in [6, 6.07) is 2.16. The van der Waals surface area contributed by atoms with Crippen LogP contribution in [-0.2, 0) is 28.4 Å². The third-order valence-corrected chi connectivity index (χ3v) is 4.47. The Bertz CT molecular complexity index is 430. The summed E-state index contributed by atoms with van der Waals surface area (Å²) in [6.45, 7) is 5.19. The second kappa shape index (κ2) is 7.01. The van der Waals surface area contributed by atoms with Crippen molar-refractivity contribution in [2.75, 3.05) is 39.6 Å². The molecule has 3 heterocycles. The Morgan fingerprint density at radius 3 is 1.65 bits per heavy atom. The minimum Gasteiger partial charge on any atom is -0.350 e. The molecular weight excluding hydrogens is 302 g/mol. The molecule has 3 aliphatic rings. The molecule has 0 aromatic heterocycles. The summed E-state index contributed by atoms with van der Waals surface area (Å²) in [7, 11) is 0. The first kappa shape index (κ1) is 17.1. The van der Waals surface area contributed by atoms with E-state index in [1.54, 1.807) is 0 Å². The lowest BCUT2D eigenvalue weighted by Gasteiger charge is -2.53. The maximum Gasteiger partial charge on any atom is 0.237 e. The van der Waals surface area contributed by atoms with Gasteiger partial charge >= 0.3 is 0 Å². The minimum absolute atomic E-state index is 0.0308. The highest BCUT2D eigenvalue weighted by Gasteiger charge is 2.61. The summed E-state index contributed by atoms with van der Waals surface area (Å²) in [6.07, 6.45) is 2.77. The van der Waals surface area contributed by atoms with Crippen molar-refractivity contribution >= 4 is 0 Å². The molecule has 0 aromatic carbocycles. The van der Waals surface area contributed by atoms with Gasteiger partial charge in [-0.15, -0.1) is 0 Å². The van der Waals surface area contributed by atoms with Gasteiger partial charge < -0.3 is 28.4 Å². The first-order valence-electron chi connectivity index (χ1n) is 8.34. The fourth-order valence-electron chi connectivity index (χ4n) is 3.37. The molecule has 3 aliphatic heterocycles. The summed E-state index contributed by atoms with van der Waals surface area (Å²) < 4.78 is 35.6. The Morgan fingerprint density at radius 1 is 0.739 bits per heavy atom. The zero-order chi connectivity index (χ0) is 16.2. The van der Waals surface area contributed by atoms with Crippen molar-refractivity contribution < 1.29 is 28.4 Å². The highest BCUT2D eigenvalue weighted by molar-refractivity contribution is 5.00. The van der Waals surface area contributed by atoms with Crippen LogP contribution in [0.25, 0.3) is 0 Å². The van der Waals surface area contributed by atoms with Gasteiger partial charge in [0.1, 0.15) is 0 Å². The summed E-state index contributed by atoms with van der Waals surface area (Å²) >= 11 is 0. The third kappa shape index (κ3) is 3.38. The molecule has 7 nitrogen and oxygen atoms in total. The lowest BCUT2D eigenvalue weighted by atomic mass is 9.92. The zero-order valence-electron chi connectivity index (χ0n) is 13.7. The van der Waals surface area contributed by atoms with Crippen molar-refractivity contribution in [2.24, 2.45) is 0 Å². The highest BCUT2D eigenvalue weighted by Crippen LogP contribution is 2.45. The van der Waals surface area contributed by atoms with Crippen LogP contribution < -0.4 is 0 Å². The van der Waals surface area contributed by atoms with Crippen molar-refractivity contribution in [1.29, 1.82) is 5.26 Å². The first-order chi connectivity index (χ1) is 11.1. The lowest BCUT2D eigenvalue weighted by molar-refractivity contribution is -0.451. The van der Waals surface area contributed by atoms with E-state index in [0.29, 0.717) is 46.1 Å². The topological polar surface area (TPSA) is 79.2 Å². The van der Waals surface area contributed by atoms with Crippen molar-refractivity contribution in [3.8, 4) is 6.07 Å². The lowest BCUT2D eigenvalue weighted by Crippen LogP contribution is -2.66. The van der Waals surface area contributed by atoms with E-state index < -0.39 is 17.4 Å². The predicted molar refractivity (Wildman–Crippen MR) is 78.3 cm³/mol. The van der Waals surface area contributed by atoms with E-state index in [4.69, 9.17) is 28.4 Å². The Hall–Kier alpha value is -0.750. The zero-order valence-corrected chi connectivity index (χ0v) is 13.7. The normalized spacial score (nSPS) is 29.6. The standard InChI is InChI=1S/C16H25NO6/c1-14(18-7-2-8-19-14)13-16(22-11-4-12-23-16)15(5-6-17)20-9-3-10-21-15/h2-5,7-13H2,1H3. The Morgan fingerprint density at radius 2 is 1.17 bits per heavy atom. The van der Waals surface area contributed by atoms with Gasteiger partial charge in [0.05, 0.1) is 58.6 Å².